The second kappa shape index (κ2) is 12.8. The van der Waals surface area contributed by atoms with Gasteiger partial charge >= 0.3 is 0 Å². The van der Waals surface area contributed by atoms with E-state index in [2.05, 4.69) is 90.1 Å². The van der Waals surface area contributed by atoms with Crippen molar-refractivity contribution in [1.29, 1.82) is 0 Å². The molecule has 0 atom stereocenters. The van der Waals surface area contributed by atoms with E-state index < -0.39 is 0 Å². The summed E-state index contributed by atoms with van der Waals surface area (Å²) in [6.07, 6.45) is 10.0. The van der Waals surface area contributed by atoms with Gasteiger partial charge in [0.05, 0.1) is 34.2 Å². The van der Waals surface area contributed by atoms with Gasteiger partial charge in [-0.25, -0.2) is 9.97 Å². The summed E-state index contributed by atoms with van der Waals surface area (Å²) in [6.45, 7) is 6.59. The molecule has 0 radical (unpaired) electrons. The molecule has 1 aliphatic rings. The fourth-order valence-corrected chi connectivity index (χ4v) is 5.69. The lowest BCUT2D eigenvalue weighted by molar-refractivity contribution is 0.677. The lowest BCUT2D eigenvalue weighted by Gasteiger charge is -2.28. The molecule has 0 bridgehead atoms. The number of aromatic nitrogens is 3. The molecule has 0 amide bonds. The van der Waals surface area contributed by atoms with Crippen LogP contribution in [0.1, 0.15) is 18.2 Å². The zero-order valence-corrected chi connectivity index (χ0v) is 25.6. The molecule has 0 saturated carbocycles. The monoisotopic (exact) mass is 592 g/mol. The van der Waals surface area contributed by atoms with Crippen molar-refractivity contribution in [2.75, 3.05) is 0 Å². The van der Waals surface area contributed by atoms with Crippen LogP contribution in [0.2, 0.25) is 0 Å². The molecule has 0 saturated heterocycles. The van der Waals surface area contributed by atoms with Gasteiger partial charge in [-0.05, 0) is 42.3 Å². The molecule has 4 nitrogen and oxygen atoms in total. The minimum atomic E-state index is 0.828. The lowest BCUT2D eigenvalue weighted by Crippen LogP contribution is -2.16. The second-order valence-corrected chi connectivity index (χ2v) is 11.0. The molecule has 0 fully saturated rings. The van der Waals surface area contributed by atoms with Gasteiger partial charge in [-0.15, -0.1) is 0 Å². The van der Waals surface area contributed by atoms with Crippen LogP contribution in [-0.2, 0) is 0 Å². The van der Waals surface area contributed by atoms with E-state index in [0.717, 1.165) is 73.3 Å². The maximum Gasteiger partial charge on any atom is 0.0973 e. The number of rotatable bonds is 7. The first-order chi connectivity index (χ1) is 22.7. The number of benzene rings is 4. The van der Waals surface area contributed by atoms with E-state index in [9.17, 15) is 0 Å². The highest BCUT2D eigenvalue weighted by molar-refractivity contribution is 5.87. The van der Waals surface area contributed by atoms with Crippen molar-refractivity contribution >= 4 is 11.3 Å². The molecule has 6 aromatic rings. The van der Waals surface area contributed by atoms with Crippen LogP contribution in [0.25, 0.3) is 56.3 Å². The van der Waals surface area contributed by atoms with E-state index in [-0.39, 0.29) is 0 Å². The number of nitrogens with zero attached hydrogens (tertiary/aromatic N) is 4. The van der Waals surface area contributed by atoms with Gasteiger partial charge in [-0.1, -0.05) is 134 Å². The zero-order chi connectivity index (χ0) is 31.3. The smallest absolute Gasteiger partial charge is 0.0973 e. The first kappa shape index (κ1) is 28.6. The summed E-state index contributed by atoms with van der Waals surface area (Å²) in [5.41, 5.74) is 12.3. The molecule has 4 aromatic carbocycles. The van der Waals surface area contributed by atoms with Crippen molar-refractivity contribution in [2.24, 2.45) is 0 Å². The molecule has 0 unspecified atom stereocenters. The van der Waals surface area contributed by atoms with Crippen molar-refractivity contribution in [1.82, 2.24) is 19.9 Å². The summed E-state index contributed by atoms with van der Waals surface area (Å²) in [7, 11) is 0. The Morgan fingerprint density at radius 2 is 1.02 bits per heavy atom. The standard InChI is InChI=1S/C42H32N4/c1-30(37-22-12-14-28-43-37)38-23-13-15-29-46(38)31(2)32-24-26-36(27-25-32)42-41(35-20-10-5-11-21-35)44-39(33-16-6-3-7-17-33)40(45-42)34-18-8-4-9-19-34/h3-29H,2H2,1H3/b38-30+. The normalized spacial score (nSPS) is 13.5. The van der Waals surface area contributed by atoms with Crippen LogP contribution < -0.4 is 0 Å². The summed E-state index contributed by atoms with van der Waals surface area (Å²) in [4.78, 5) is 17.4. The third-order valence-corrected chi connectivity index (χ3v) is 8.11. The highest BCUT2D eigenvalue weighted by Crippen LogP contribution is 2.38. The van der Waals surface area contributed by atoms with Gasteiger partial charge in [0, 0.05) is 40.3 Å². The molecule has 7 rings (SSSR count). The quantitative estimate of drug-likeness (QED) is 0.185. The predicted octanol–water partition coefficient (Wildman–Crippen LogP) is 10.3. The van der Waals surface area contributed by atoms with Crippen molar-refractivity contribution in [3.8, 4) is 45.0 Å². The van der Waals surface area contributed by atoms with E-state index in [1.165, 1.54) is 0 Å². The van der Waals surface area contributed by atoms with E-state index in [1.54, 1.807) is 0 Å². The number of hydrogen-bond acceptors (Lipinski definition) is 4. The second-order valence-electron chi connectivity index (χ2n) is 11.0. The van der Waals surface area contributed by atoms with Gasteiger partial charge in [-0.2, -0.15) is 0 Å². The number of allylic oxidation sites excluding steroid dienone is 4. The maximum absolute atomic E-state index is 5.37. The minimum Gasteiger partial charge on any atom is -0.317 e. The Morgan fingerprint density at radius 1 is 0.543 bits per heavy atom. The molecular formula is C42H32N4. The molecule has 4 heteroatoms. The van der Waals surface area contributed by atoms with Crippen LogP contribution in [0.15, 0.2) is 176 Å². The third kappa shape index (κ3) is 5.72. The summed E-state index contributed by atoms with van der Waals surface area (Å²) in [6, 6.07) is 45.3. The zero-order valence-electron chi connectivity index (χ0n) is 25.6. The van der Waals surface area contributed by atoms with Crippen LogP contribution in [0.4, 0.5) is 0 Å². The molecule has 3 heterocycles. The largest absolute Gasteiger partial charge is 0.317 e. The first-order valence-corrected chi connectivity index (χ1v) is 15.3. The SMILES string of the molecule is C=C(c1ccc(-c2nc(-c3ccccc3)c(-c3ccccc3)nc2-c2ccccc2)cc1)N1C=CC=C/C1=C(/C)c1ccccn1. The van der Waals surface area contributed by atoms with Crippen LogP contribution in [-0.4, -0.2) is 19.9 Å². The van der Waals surface area contributed by atoms with Gasteiger partial charge in [0.25, 0.3) is 0 Å². The molecule has 0 aliphatic carbocycles. The van der Waals surface area contributed by atoms with E-state index in [4.69, 9.17) is 9.97 Å². The highest BCUT2D eigenvalue weighted by Gasteiger charge is 2.20. The molecule has 0 N–H and O–H groups in total. The van der Waals surface area contributed by atoms with Crippen LogP contribution >= 0.6 is 0 Å². The molecular weight excluding hydrogens is 560 g/mol. The van der Waals surface area contributed by atoms with Gasteiger partial charge in [0.15, 0.2) is 0 Å². The fourth-order valence-electron chi connectivity index (χ4n) is 5.69. The van der Waals surface area contributed by atoms with Crippen molar-refractivity contribution < 1.29 is 0 Å². The summed E-state index contributed by atoms with van der Waals surface area (Å²) in [5, 5.41) is 0. The Kier molecular flexibility index (Phi) is 8.00. The van der Waals surface area contributed by atoms with E-state index >= 15 is 0 Å². The third-order valence-electron chi connectivity index (χ3n) is 8.11. The number of pyridine rings is 1. The Morgan fingerprint density at radius 3 is 1.50 bits per heavy atom. The van der Waals surface area contributed by atoms with Crippen molar-refractivity contribution in [3.05, 3.63) is 188 Å². The lowest BCUT2D eigenvalue weighted by atomic mass is 9.98. The van der Waals surface area contributed by atoms with Crippen LogP contribution in [0.3, 0.4) is 0 Å². The summed E-state index contributed by atoms with van der Waals surface area (Å²) in [5.74, 6) is 0. The Bertz CT molecular complexity index is 2080. The highest BCUT2D eigenvalue weighted by atomic mass is 15.1. The molecule has 1 aliphatic heterocycles. The summed E-state index contributed by atoms with van der Waals surface area (Å²) >= 11 is 0. The van der Waals surface area contributed by atoms with Crippen LogP contribution in [0.5, 0.6) is 0 Å². The van der Waals surface area contributed by atoms with Gasteiger partial charge in [0.2, 0.25) is 0 Å². The average Bonchev–Trinajstić information content (AvgIpc) is 3.15. The first-order valence-electron chi connectivity index (χ1n) is 15.3. The maximum atomic E-state index is 5.37. The average molecular weight is 593 g/mol. The van der Waals surface area contributed by atoms with E-state index in [1.807, 2.05) is 97.3 Å². The molecule has 2 aromatic heterocycles. The van der Waals surface area contributed by atoms with Crippen molar-refractivity contribution in [3.63, 3.8) is 0 Å². The molecule has 46 heavy (non-hydrogen) atoms. The minimum absolute atomic E-state index is 0.828. The Hall–Kier alpha value is -6.13. The molecule has 0 spiro atoms. The van der Waals surface area contributed by atoms with E-state index in [0.29, 0.717) is 0 Å². The predicted molar refractivity (Wildman–Crippen MR) is 190 cm³/mol. The van der Waals surface area contributed by atoms with Crippen molar-refractivity contribution in [2.45, 2.75) is 6.92 Å². The Balaban J connectivity index is 1.32. The fraction of sp³-hybridized carbons (Fsp3) is 0.0238. The summed E-state index contributed by atoms with van der Waals surface area (Å²) < 4.78 is 0. The van der Waals surface area contributed by atoms with Gasteiger partial charge in [-0.3, -0.25) is 4.98 Å². The van der Waals surface area contributed by atoms with Crippen LogP contribution in [0, 0.1) is 0 Å². The Labute approximate surface area is 270 Å². The van der Waals surface area contributed by atoms with Gasteiger partial charge in [0.1, 0.15) is 0 Å². The topological polar surface area (TPSA) is 41.9 Å². The number of hydrogen-bond donors (Lipinski definition) is 0. The van der Waals surface area contributed by atoms with Gasteiger partial charge < -0.3 is 4.90 Å². The molecule has 220 valence electrons.